The Morgan fingerprint density at radius 3 is 2.47 bits per heavy atom. The number of benzene rings is 1. The quantitative estimate of drug-likeness (QED) is 0.809. The molecule has 0 atom stereocenters. The molecule has 2 N–H and O–H groups in total. The molecule has 0 aromatic heterocycles. The lowest BCUT2D eigenvalue weighted by Crippen LogP contribution is -2.25. The molecule has 0 saturated carbocycles. The van der Waals surface area contributed by atoms with E-state index in [4.69, 9.17) is 22.7 Å². The van der Waals surface area contributed by atoms with Gasteiger partial charge in [-0.2, -0.15) is 0 Å². The summed E-state index contributed by atoms with van der Waals surface area (Å²) in [6, 6.07) is 7.62. The van der Waals surface area contributed by atoms with Crippen molar-refractivity contribution < 1.29 is 4.74 Å². The van der Waals surface area contributed by atoms with Gasteiger partial charge in [0.25, 0.3) is 0 Å². The standard InChI is InChI=1S/C13H18N2OS/c14-13(17)11-3-5-12(6-4-11)16-10-9-15-7-1-2-8-15/h3-6H,1-2,7-10H2,(H2,14,17). The van der Waals surface area contributed by atoms with Crippen LogP contribution in [-0.2, 0) is 0 Å². The van der Waals surface area contributed by atoms with Gasteiger partial charge in [0.2, 0.25) is 0 Å². The average molecular weight is 250 g/mol. The van der Waals surface area contributed by atoms with Crippen molar-refractivity contribution >= 4 is 17.2 Å². The van der Waals surface area contributed by atoms with Crippen molar-refractivity contribution in [2.75, 3.05) is 26.2 Å². The smallest absolute Gasteiger partial charge is 0.119 e. The fourth-order valence-electron chi connectivity index (χ4n) is 2.01. The zero-order valence-electron chi connectivity index (χ0n) is 9.89. The highest BCUT2D eigenvalue weighted by molar-refractivity contribution is 7.80. The zero-order valence-corrected chi connectivity index (χ0v) is 10.7. The summed E-state index contributed by atoms with van der Waals surface area (Å²) in [4.78, 5) is 2.86. The summed E-state index contributed by atoms with van der Waals surface area (Å²) < 4.78 is 5.68. The van der Waals surface area contributed by atoms with Gasteiger partial charge in [0.15, 0.2) is 0 Å². The lowest BCUT2D eigenvalue weighted by atomic mass is 10.2. The predicted octanol–water partition coefficient (Wildman–Crippen LogP) is 1.80. The Bertz CT molecular complexity index is 372. The lowest BCUT2D eigenvalue weighted by molar-refractivity contribution is 0.238. The molecule has 0 aliphatic carbocycles. The predicted molar refractivity (Wildman–Crippen MR) is 73.5 cm³/mol. The minimum atomic E-state index is 0.425. The number of hydrogen-bond donors (Lipinski definition) is 1. The van der Waals surface area contributed by atoms with E-state index in [-0.39, 0.29) is 0 Å². The minimum Gasteiger partial charge on any atom is -0.492 e. The Kier molecular flexibility index (Phi) is 4.34. The second-order valence-electron chi connectivity index (χ2n) is 4.29. The first-order valence-corrected chi connectivity index (χ1v) is 6.41. The van der Waals surface area contributed by atoms with Crippen LogP contribution < -0.4 is 10.5 Å². The van der Waals surface area contributed by atoms with E-state index in [1.54, 1.807) is 0 Å². The maximum absolute atomic E-state index is 5.68. The fraction of sp³-hybridized carbons (Fsp3) is 0.462. The number of nitrogens with zero attached hydrogens (tertiary/aromatic N) is 1. The van der Waals surface area contributed by atoms with Crippen molar-refractivity contribution in [2.45, 2.75) is 12.8 Å². The van der Waals surface area contributed by atoms with E-state index >= 15 is 0 Å². The fourth-order valence-corrected chi connectivity index (χ4v) is 2.15. The van der Waals surface area contributed by atoms with Crippen molar-refractivity contribution in [1.29, 1.82) is 0 Å². The first kappa shape index (κ1) is 12.3. The van der Waals surface area contributed by atoms with Gasteiger partial charge >= 0.3 is 0 Å². The Hall–Kier alpha value is -1.13. The van der Waals surface area contributed by atoms with Crippen LogP contribution in [0.4, 0.5) is 0 Å². The summed E-state index contributed by atoms with van der Waals surface area (Å²) in [6.07, 6.45) is 2.64. The Balaban J connectivity index is 1.76. The van der Waals surface area contributed by atoms with E-state index in [2.05, 4.69) is 4.90 Å². The van der Waals surface area contributed by atoms with Crippen LogP contribution in [0.3, 0.4) is 0 Å². The SMILES string of the molecule is NC(=S)c1ccc(OCCN2CCCC2)cc1. The van der Waals surface area contributed by atoms with Gasteiger partial charge in [-0.15, -0.1) is 0 Å². The molecule has 3 nitrogen and oxygen atoms in total. The van der Waals surface area contributed by atoms with Gasteiger partial charge in [0, 0.05) is 12.1 Å². The Labute approximate surface area is 108 Å². The Morgan fingerprint density at radius 2 is 1.88 bits per heavy atom. The topological polar surface area (TPSA) is 38.5 Å². The molecule has 1 heterocycles. The maximum Gasteiger partial charge on any atom is 0.119 e. The zero-order chi connectivity index (χ0) is 12.1. The summed E-state index contributed by atoms with van der Waals surface area (Å²) in [7, 11) is 0. The van der Waals surface area contributed by atoms with Crippen LogP contribution in [0.1, 0.15) is 18.4 Å². The second-order valence-corrected chi connectivity index (χ2v) is 4.73. The van der Waals surface area contributed by atoms with Gasteiger partial charge in [-0.05, 0) is 50.2 Å². The normalized spacial score (nSPS) is 16.0. The number of thiocarbonyl (C=S) groups is 1. The molecule has 0 spiro atoms. The summed E-state index contributed by atoms with van der Waals surface area (Å²) in [6.45, 7) is 4.18. The highest BCUT2D eigenvalue weighted by Crippen LogP contribution is 2.13. The van der Waals surface area contributed by atoms with Gasteiger partial charge in [-0.3, -0.25) is 4.90 Å². The number of likely N-dealkylation sites (tertiary alicyclic amines) is 1. The van der Waals surface area contributed by atoms with Crippen molar-refractivity contribution in [3.63, 3.8) is 0 Å². The van der Waals surface area contributed by atoms with Crippen LogP contribution in [0.15, 0.2) is 24.3 Å². The van der Waals surface area contributed by atoms with Crippen molar-refractivity contribution in [3.05, 3.63) is 29.8 Å². The maximum atomic E-state index is 5.68. The second kappa shape index (κ2) is 5.98. The van der Waals surface area contributed by atoms with E-state index in [0.717, 1.165) is 24.5 Å². The molecular weight excluding hydrogens is 232 g/mol. The van der Waals surface area contributed by atoms with Gasteiger partial charge in [0.05, 0.1) is 0 Å². The van der Waals surface area contributed by atoms with Crippen LogP contribution in [0.5, 0.6) is 5.75 Å². The van der Waals surface area contributed by atoms with Crippen LogP contribution in [0.25, 0.3) is 0 Å². The van der Waals surface area contributed by atoms with Crippen molar-refractivity contribution in [1.82, 2.24) is 4.90 Å². The minimum absolute atomic E-state index is 0.425. The molecule has 0 amide bonds. The summed E-state index contributed by atoms with van der Waals surface area (Å²) in [5, 5.41) is 0. The van der Waals surface area contributed by atoms with E-state index < -0.39 is 0 Å². The molecule has 1 aliphatic heterocycles. The first-order chi connectivity index (χ1) is 8.25. The third-order valence-corrected chi connectivity index (χ3v) is 3.25. The molecule has 4 heteroatoms. The van der Waals surface area contributed by atoms with Crippen LogP contribution >= 0.6 is 12.2 Å². The first-order valence-electron chi connectivity index (χ1n) is 6.01. The molecule has 92 valence electrons. The van der Waals surface area contributed by atoms with Gasteiger partial charge < -0.3 is 10.5 Å². The van der Waals surface area contributed by atoms with Crippen LogP contribution in [0.2, 0.25) is 0 Å². The number of nitrogens with two attached hydrogens (primary N) is 1. The van der Waals surface area contributed by atoms with Gasteiger partial charge in [-0.25, -0.2) is 0 Å². The molecule has 0 bridgehead atoms. The monoisotopic (exact) mass is 250 g/mol. The van der Waals surface area contributed by atoms with Crippen molar-refractivity contribution in [2.24, 2.45) is 5.73 Å². The van der Waals surface area contributed by atoms with E-state index in [9.17, 15) is 0 Å². The molecule has 1 aliphatic rings. The molecule has 1 saturated heterocycles. The highest BCUT2D eigenvalue weighted by Gasteiger charge is 2.10. The van der Waals surface area contributed by atoms with Gasteiger partial charge in [0.1, 0.15) is 17.3 Å². The van der Waals surface area contributed by atoms with E-state index in [1.807, 2.05) is 24.3 Å². The molecule has 0 unspecified atom stereocenters. The largest absolute Gasteiger partial charge is 0.492 e. The summed E-state index contributed by atoms with van der Waals surface area (Å²) in [5.41, 5.74) is 6.41. The number of hydrogen-bond acceptors (Lipinski definition) is 3. The third-order valence-electron chi connectivity index (χ3n) is 3.01. The molecule has 0 radical (unpaired) electrons. The van der Waals surface area contributed by atoms with E-state index in [1.165, 1.54) is 25.9 Å². The lowest BCUT2D eigenvalue weighted by Gasteiger charge is -2.14. The van der Waals surface area contributed by atoms with Crippen LogP contribution in [-0.4, -0.2) is 36.1 Å². The van der Waals surface area contributed by atoms with E-state index in [0.29, 0.717) is 4.99 Å². The van der Waals surface area contributed by atoms with Crippen molar-refractivity contribution in [3.8, 4) is 5.75 Å². The molecule has 1 aromatic carbocycles. The Morgan fingerprint density at radius 1 is 1.24 bits per heavy atom. The van der Waals surface area contributed by atoms with Crippen LogP contribution in [0, 0.1) is 0 Å². The molecule has 1 fully saturated rings. The number of ether oxygens (including phenoxy) is 1. The molecular formula is C13H18N2OS. The molecule has 17 heavy (non-hydrogen) atoms. The summed E-state index contributed by atoms with van der Waals surface area (Å²) >= 11 is 4.90. The van der Waals surface area contributed by atoms with Gasteiger partial charge in [-0.1, -0.05) is 12.2 Å². The number of rotatable bonds is 5. The third kappa shape index (κ3) is 3.68. The summed E-state index contributed by atoms with van der Waals surface area (Å²) in [5.74, 6) is 0.879. The highest BCUT2D eigenvalue weighted by atomic mass is 32.1. The molecule has 2 rings (SSSR count). The molecule has 1 aromatic rings. The average Bonchev–Trinajstić information content (AvgIpc) is 2.83.